The van der Waals surface area contributed by atoms with Gasteiger partial charge >= 0.3 is 0 Å². The minimum Gasteiger partial charge on any atom is -0.492 e. The second-order valence-electron chi connectivity index (χ2n) is 8.66. The molecule has 1 saturated heterocycles. The van der Waals surface area contributed by atoms with Crippen LogP contribution in [-0.4, -0.2) is 50.7 Å². The van der Waals surface area contributed by atoms with E-state index < -0.39 is 0 Å². The maximum Gasteiger partial charge on any atom is 0.163 e. The van der Waals surface area contributed by atoms with Gasteiger partial charge in [0.2, 0.25) is 0 Å². The molecule has 6 nitrogen and oxygen atoms in total. The van der Waals surface area contributed by atoms with Crippen LogP contribution in [0.1, 0.15) is 35.4 Å². The third-order valence-electron chi connectivity index (χ3n) is 5.94. The maximum absolute atomic E-state index is 5.92. The largest absolute Gasteiger partial charge is 0.492 e. The molecule has 32 heavy (non-hydrogen) atoms. The zero-order valence-electron chi connectivity index (χ0n) is 18.8. The van der Waals surface area contributed by atoms with Gasteiger partial charge in [-0.05, 0) is 69.6 Å². The van der Waals surface area contributed by atoms with Crippen molar-refractivity contribution in [1.29, 1.82) is 0 Å². The molecule has 0 N–H and O–H groups in total. The molecule has 1 fully saturated rings. The van der Waals surface area contributed by atoms with Gasteiger partial charge in [-0.3, -0.25) is 4.90 Å². The summed E-state index contributed by atoms with van der Waals surface area (Å²) in [5, 5.41) is 4.77. The first-order chi connectivity index (χ1) is 15.6. The van der Waals surface area contributed by atoms with Crippen LogP contribution in [0.3, 0.4) is 0 Å². The Kier molecular flexibility index (Phi) is 5.86. The Balaban J connectivity index is 1.29. The van der Waals surface area contributed by atoms with Gasteiger partial charge in [0, 0.05) is 30.8 Å². The van der Waals surface area contributed by atoms with E-state index in [0.717, 1.165) is 47.3 Å². The predicted molar refractivity (Wildman–Crippen MR) is 126 cm³/mol. The summed E-state index contributed by atoms with van der Waals surface area (Å²) in [7, 11) is 0. The molecule has 0 bridgehead atoms. The molecule has 0 unspecified atom stereocenters. The van der Waals surface area contributed by atoms with Crippen molar-refractivity contribution in [3.05, 3.63) is 77.2 Å². The Hall–Kier alpha value is -3.25. The third-order valence-corrected chi connectivity index (χ3v) is 5.94. The van der Waals surface area contributed by atoms with Crippen LogP contribution in [0.2, 0.25) is 0 Å². The molecule has 0 atom stereocenters. The molecule has 0 aliphatic carbocycles. The second kappa shape index (κ2) is 9.09. The van der Waals surface area contributed by atoms with Gasteiger partial charge < -0.3 is 4.74 Å². The molecule has 0 radical (unpaired) electrons. The fourth-order valence-corrected chi connectivity index (χ4v) is 4.42. The lowest BCUT2D eigenvalue weighted by Gasteiger charge is -2.14. The molecule has 2 aromatic heterocycles. The number of hydrogen-bond acceptors (Lipinski definition) is 5. The van der Waals surface area contributed by atoms with Crippen molar-refractivity contribution < 1.29 is 4.74 Å². The summed E-state index contributed by atoms with van der Waals surface area (Å²) in [5.74, 6) is 2.51. The fourth-order valence-electron chi connectivity index (χ4n) is 4.42. The Morgan fingerprint density at radius 3 is 2.44 bits per heavy atom. The number of likely N-dealkylation sites (tertiary alicyclic amines) is 1. The van der Waals surface area contributed by atoms with Crippen LogP contribution in [0.4, 0.5) is 0 Å². The van der Waals surface area contributed by atoms with Crippen LogP contribution < -0.4 is 4.74 Å². The summed E-state index contributed by atoms with van der Waals surface area (Å²) in [6.07, 6.45) is 5.10. The minimum atomic E-state index is 0.669. The predicted octanol–water partition coefficient (Wildman–Crippen LogP) is 4.47. The van der Waals surface area contributed by atoms with E-state index in [1.807, 2.05) is 22.7 Å². The van der Waals surface area contributed by atoms with Crippen molar-refractivity contribution in [2.45, 2.75) is 33.1 Å². The van der Waals surface area contributed by atoms with Gasteiger partial charge in [0.1, 0.15) is 12.4 Å². The zero-order valence-corrected chi connectivity index (χ0v) is 18.8. The number of aryl methyl sites for hydroxylation is 2. The van der Waals surface area contributed by atoms with Crippen LogP contribution in [0.25, 0.3) is 17.0 Å². The summed E-state index contributed by atoms with van der Waals surface area (Å²) in [5.41, 5.74) is 5.45. The van der Waals surface area contributed by atoms with Gasteiger partial charge in [0.25, 0.3) is 0 Å². The highest BCUT2D eigenvalue weighted by Crippen LogP contribution is 2.21. The highest BCUT2D eigenvalue weighted by Gasteiger charge is 2.12. The van der Waals surface area contributed by atoms with Crippen molar-refractivity contribution in [3.63, 3.8) is 0 Å². The number of hydrogen-bond donors (Lipinski definition) is 0. The van der Waals surface area contributed by atoms with Crippen LogP contribution in [-0.2, 0) is 6.42 Å². The molecule has 0 saturated carbocycles. The van der Waals surface area contributed by atoms with E-state index in [1.165, 1.54) is 37.1 Å². The molecule has 4 aromatic rings. The zero-order chi connectivity index (χ0) is 21.9. The number of ether oxygens (including phenoxy) is 1. The summed E-state index contributed by atoms with van der Waals surface area (Å²) in [6.45, 7) is 8.35. The fraction of sp³-hybridized carbons (Fsp3) is 0.346. The molecule has 1 aliphatic heterocycles. The molecule has 3 heterocycles. The summed E-state index contributed by atoms with van der Waals surface area (Å²) in [6, 6.07) is 16.6. The van der Waals surface area contributed by atoms with Crippen molar-refractivity contribution in [3.8, 4) is 17.1 Å². The van der Waals surface area contributed by atoms with Crippen molar-refractivity contribution in [1.82, 2.24) is 24.5 Å². The highest BCUT2D eigenvalue weighted by atomic mass is 16.5. The molecular formula is C26H29N5O. The Bertz CT molecular complexity index is 1190. The van der Waals surface area contributed by atoms with E-state index in [1.54, 1.807) is 6.20 Å². The van der Waals surface area contributed by atoms with Gasteiger partial charge in [0.05, 0.1) is 0 Å². The molecule has 0 amide bonds. The van der Waals surface area contributed by atoms with Crippen LogP contribution in [0.15, 0.2) is 54.7 Å². The molecule has 1 aliphatic rings. The maximum atomic E-state index is 5.92. The van der Waals surface area contributed by atoms with Crippen molar-refractivity contribution in [2.24, 2.45) is 0 Å². The number of rotatable bonds is 7. The third kappa shape index (κ3) is 4.65. The van der Waals surface area contributed by atoms with Gasteiger partial charge in [-0.15, -0.1) is 5.10 Å². The second-order valence-corrected chi connectivity index (χ2v) is 8.66. The number of fused-ring (bicyclic) bond motifs is 1. The van der Waals surface area contributed by atoms with Gasteiger partial charge in [-0.25, -0.2) is 9.97 Å². The summed E-state index contributed by atoms with van der Waals surface area (Å²) < 4.78 is 7.77. The highest BCUT2D eigenvalue weighted by molar-refractivity contribution is 5.60. The quantitative estimate of drug-likeness (QED) is 0.435. The minimum absolute atomic E-state index is 0.669. The molecule has 5 rings (SSSR count). The number of benzene rings is 2. The van der Waals surface area contributed by atoms with E-state index in [9.17, 15) is 0 Å². The Labute approximate surface area is 188 Å². The Morgan fingerprint density at radius 1 is 0.938 bits per heavy atom. The van der Waals surface area contributed by atoms with E-state index in [4.69, 9.17) is 14.8 Å². The molecule has 2 aromatic carbocycles. The smallest absolute Gasteiger partial charge is 0.163 e. The van der Waals surface area contributed by atoms with Gasteiger partial charge in [0.15, 0.2) is 17.3 Å². The number of aromatic nitrogens is 4. The monoisotopic (exact) mass is 427 g/mol. The average molecular weight is 428 g/mol. The normalized spacial score (nSPS) is 14.3. The first-order valence-corrected chi connectivity index (χ1v) is 11.4. The molecular weight excluding hydrogens is 398 g/mol. The topological polar surface area (TPSA) is 55.6 Å². The molecule has 6 heteroatoms. The lowest BCUT2D eigenvalue weighted by Crippen LogP contribution is -2.25. The van der Waals surface area contributed by atoms with Crippen molar-refractivity contribution >= 4 is 5.65 Å². The SMILES string of the molecule is Cc1cc(C)cc(-c2nccc3nc(Cc4ccc(OCCN5CCCC5)cc4)nn23)c1. The van der Waals surface area contributed by atoms with Crippen LogP contribution >= 0.6 is 0 Å². The lowest BCUT2D eigenvalue weighted by molar-refractivity contribution is 0.238. The molecule has 164 valence electrons. The Morgan fingerprint density at radius 2 is 1.69 bits per heavy atom. The van der Waals surface area contributed by atoms with Gasteiger partial charge in [-0.1, -0.05) is 29.3 Å². The first-order valence-electron chi connectivity index (χ1n) is 11.4. The van der Waals surface area contributed by atoms with Crippen LogP contribution in [0, 0.1) is 13.8 Å². The van der Waals surface area contributed by atoms with E-state index in [2.05, 4.69) is 54.1 Å². The number of nitrogens with zero attached hydrogens (tertiary/aromatic N) is 5. The van der Waals surface area contributed by atoms with Crippen LogP contribution in [0.5, 0.6) is 5.75 Å². The van der Waals surface area contributed by atoms with Crippen molar-refractivity contribution in [2.75, 3.05) is 26.2 Å². The van der Waals surface area contributed by atoms with E-state index in [0.29, 0.717) is 6.42 Å². The average Bonchev–Trinajstić information content (AvgIpc) is 3.43. The summed E-state index contributed by atoms with van der Waals surface area (Å²) in [4.78, 5) is 11.8. The van der Waals surface area contributed by atoms with E-state index >= 15 is 0 Å². The first kappa shape index (κ1) is 20.6. The van der Waals surface area contributed by atoms with Gasteiger partial charge in [-0.2, -0.15) is 4.52 Å². The lowest BCUT2D eigenvalue weighted by atomic mass is 10.1. The van der Waals surface area contributed by atoms with E-state index in [-0.39, 0.29) is 0 Å². The summed E-state index contributed by atoms with van der Waals surface area (Å²) >= 11 is 0. The standard InChI is InChI=1S/C26H29N5O/c1-19-15-20(2)17-22(16-19)26-27-10-9-25-28-24(29-31(25)26)18-21-5-7-23(8-6-21)32-14-13-30-11-3-4-12-30/h5-10,15-17H,3-4,11-14,18H2,1-2H3. The molecule has 0 spiro atoms.